The molecule has 0 saturated heterocycles. The van der Waals surface area contributed by atoms with E-state index in [0.29, 0.717) is 5.82 Å². The summed E-state index contributed by atoms with van der Waals surface area (Å²) in [7, 11) is 0. The van der Waals surface area contributed by atoms with Gasteiger partial charge >= 0.3 is 0 Å². The molecular weight excluding hydrogens is 350 g/mol. The molecule has 134 valence electrons. The van der Waals surface area contributed by atoms with Gasteiger partial charge in [0.25, 0.3) is 0 Å². The Balaban J connectivity index is 1.48. The Morgan fingerprint density at radius 3 is 2.96 bits per heavy atom. The van der Waals surface area contributed by atoms with Gasteiger partial charge in [-0.3, -0.25) is 5.10 Å². The lowest BCUT2D eigenvalue weighted by Crippen LogP contribution is -2.00. The second kappa shape index (κ2) is 5.68. The molecule has 2 aromatic carbocycles. The molecule has 0 spiro atoms. The van der Waals surface area contributed by atoms with Crippen molar-refractivity contribution in [1.82, 2.24) is 29.5 Å². The van der Waals surface area contributed by atoms with Crippen LogP contribution in [0, 0.1) is 0 Å². The number of nitrogens with one attached hydrogen (secondary N) is 3. The van der Waals surface area contributed by atoms with E-state index < -0.39 is 0 Å². The van der Waals surface area contributed by atoms with Crippen molar-refractivity contribution in [3.8, 4) is 11.3 Å². The summed E-state index contributed by atoms with van der Waals surface area (Å²) < 4.78 is 1.98. The molecule has 7 heteroatoms. The highest BCUT2D eigenvalue weighted by atomic mass is 15.1. The van der Waals surface area contributed by atoms with Crippen molar-refractivity contribution < 1.29 is 0 Å². The van der Waals surface area contributed by atoms with Crippen molar-refractivity contribution in [3.63, 3.8) is 0 Å². The molecule has 0 bridgehead atoms. The number of nitrogens with zero attached hydrogens (tertiary/aromatic N) is 4. The predicted octanol–water partition coefficient (Wildman–Crippen LogP) is 4.50. The minimum absolute atomic E-state index is 0.710. The van der Waals surface area contributed by atoms with Crippen LogP contribution in [0.5, 0.6) is 0 Å². The van der Waals surface area contributed by atoms with Crippen LogP contribution in [-0.2, 0) is 0 Å². The predicted molar refractivity (Wildman–Crippen MR) is 110 cm³/mol. The summed E-state index contributed by atoms with van der Waals surface area (Å²) in [4.78, 5) is 12.5. The van der Waals surface area contributed by atoms with Crippen molar-refractivity contribution in [2.24, 2.45) is 0 Å². The fraction of sp³-hybridized carbons (Fsp3) is 0. The van der Waals surface area contributed by atoms with E-state index in [-0.39, 0.29) is 0 Å². The molecule has 0 radical (unpaired) electrons. The average molecular weight is 365 g/mol. The number of aromatic amines is 2. The highest BCUT2D eigenvalue weighted by Crippen LogP contribution is 2.27. The maximum atomic E-state index is 4.86. The molecule has 0 fully saturated rings. The molecule has 28 heavy (non-hydrogen) atoms. The van der Waals surface area contributed by atoms with Gasteiger partial charge in [0.05, 0.1) is 17.4 Å². The summed E-state index contributed by atoms with van der Waals surface area (Å²) in [6.45, 7) is 0. The third kappa shape index (κ3) is 2.34. The monoisotopic (exact) mass is 365 g/mol. The zero-order valence-electron chi connectivity index (χ0n) is 14.7. The first-order chi connectivity index (χ1) is 13.8. The Hall–Kier alpha value is -4.13. The summed E-state index contributed by atoms with van der Waals surface area (Å²) in [5, 5.41) is 12.8. The van der Waals surface area contributed by atoms with E-state index in [1.165, 1.54) is 0 Å². The maximum absolute atomic E-state index is 4.86. The molecule has 4 aromatic heterocycles. The summed E-state index contributed by atoms with van der Waals surface area (Å²) in [5.41, 5.74) is 5.69. The molecule has 0 saturated carbocycles. The van der Waals surface area contributed by atoms with E-state index in [1.807, 2.05) is 41.3 Å². The number of benzene rings is 2. The molecule has 0 amide bonds. The van der Waals surface area contributed by atoms with Crippen LogP contribution in [0.3, 0.4) is 0 Å². The zero-order valence-corrected chi connectivity index (χ0v) is 14.7. The molecule has 3 N–H and O–H groups in total. The normalized spacial score (nSPS) is 11.6. The van der Waals surface area contributed by atoms with Gasteiger partial charge < -0.3 is 14.7 Å². The van der Waals surface area contributed by atoms with Crippen molar-refractivity contribution in [2.75, 3.05) is 5.32 Å². The van der Waals surface area contributed by atoms with Crippen LogP contribution in [0.15, 0.2) is 73.4 Å². The Morgan fingerprint density at radius 2 is 1.96 bits per heavy atom. The lowest BCUT2D eigenvalue weighted by atomic mass is 10.1. The topological polar surface area (TPSA) is 86.7 Å². The highest BCUT2D eigenvalue weighted by molar-refractivity contribution is 5.86. The van der Waals surface area contributed by atoms with Gasteiger partial charge in [-0.15, -0.1) is 0 Å². The molecule has 0 aliphatic carbocycles. The number of fused-ring (bicyclic) bond motifs is 3. The maximum Gasteiger partial charge on any atom is 0.180 e. The highest BCUT2D eigenvalue weighted by Gasteiger charge is 2.11. The molecule has 6 aromatic rings. The van der Waals surface area contributed by atoms with Crippen molar-refractivity contribution >= 4 is 39.0 Å². The summed E-state index contributed by atoms with van der Waals surface area (Å²) in [6, 6.07) is 14.4. The molecule has 0 aliphatic rings. The van der Waals surface area contributed by atoms with Gasteiger partial charge in [-0.2, -0.15) is 5.10 Å². The number of rotatable bonds is 3. The largest absolute Gasteiger partial charge is 0.361 e. The Morgan fingerprint density at radius 1 is 0.964 bits per heavy atom. The van der Waals surface area contributed by atoms with Crippen LogP contribution in [-0.4, -0.2) is 29.5 Å². The van der Waals surface area contributed by atoms with E-state index in [4.69, 9.17) is 4.98 Å². The summed E-state index contributed by atoms with van der Waals surface area (Å²) in [6.07, 6.45) is 9.44. The van der Waals surface area contributed by atoms with E-state index in [0.717, 1.165) is 44.4 Å². The molecule has 0 atom stereocenters. The average Bonchev–Trinajstić information content (AvgIpc) is 3.46. The van der Waals surface area contributed by atoms with Crippen LogP contribution in [0.1, 0.15) is 0 Å². The van der Waals surface area contributed by atoms with Gasteiger partial charge in [-0.05, 0) is 30.3 Å². The number of hydrogen-bond donors (Lipinski definition) is 3. The van der Waals surface area contributed by atoms with Crippen LogP contribution in [0.2, 0.25) is 0 Å². The second-order valence-corrected chi connectivity index (χ2v) is 6.71. The number of aromatic nitrogens is 6. The number of hydrogen-bond acceptors (Lipinski definition) is 4. The molecule has 4 heterocycles. The third-order valence-corrected chi connectivity index (χ3v) is 4.93. The molecule has 7 nitrogen and oxygen atoms in total. The van der Waals surface area contributed by atoms with Gasteiger partial charge in [0, 0.05) is 52.3 Å². The fourth-order valence-corrected chi connectivity index (χ4v) is 3.52. The number of anilines is 2. The van der Waals surface area contributed by atoms with Crippen LogP contribution < -0.4 is 5.32 Å². The molecule has 0 unspecified atom stereocenters. The zero-order chi connectivity index (χ0) is 18.5. The van der Waals surface area contributed by atoms with Crippen LogP contribution in [0.25, 0.3) is 38.7 Å². The second-order valence-electron chi connectivity index (χ2n) is 6.71. The van der Waals surface area contributed by atoms with Gasteiger partial charge in [-0.25, -0.2) is 9.97 Å². The number of H-pyrrole nitrogens is 2. The molecule has 6 rings (SSSR count). The van der Waals surface area contributed by atoms with E-state index in [1.54, 1.807) is 6.20 Å². The number of imidazole rings is 1. The smallest absolute Gasteiger partial charge is 0.180 e. The SMILES string of the molecule is c1cn2cc(-c3ccc4cn[nH]c4c3)nc(Nc3ccc4[nH]ccc4c3)c2n1. The van der Waals surface area contributed by atoms with Crippen LogP contribution in [0.4, 0.5) is 11.5 Å². The minimum Gasteiger partial charge on any atom is -0.361 e. The van der Waals surface area contributed by atoms with Gasteiger partial charge in [-0.1, -0.05) is 12.1 Å². The Kier molecular flexibility index (Phi) is 3.04. The van der Waals surface area contributed by atoms with Crippen molar-refractivity contribution in [3.05, 3.63) is 73.4 Å². The lowest BCUT2D eigenvalue weighted by molar-refractivity contribution is 1.12. The van der Waals surface area contributed by atoms with E-state index >= 15 is 0 Å². The Labute approximate surface area is 159 Å². The third-order valence-electron chi connectivity index (χ3n) is 4.93. The van der Waals surface area contributed by atoms with E-state index in [9.17, 15) is 0 Å². The van der Waals surface area contributed by atoms with Crippen molar-refractivity contribution in [2.45, 2.75) is 0 Å². The standard InChI is InChI=1S/C21H15N7/c1-2-15-11-24-27-18(15)10-13(1)19-12-28-8-7-23-21(28)20(26-19)25-16-3-4-17-14(9-16)5-6-22-17/h1-12,22H,(H,24,27)(H,25,26). The van der Waals surface area contributed by atoms with E-state index in [2.05, 4.69) is 55.8 Å². The lowest BCUT2D eigenvalue weighted by Gasteiger charge is -2.10. The summed E-state index contributed by atoms with van der Waals surface area (Å²) >= 11 is 0. The van der Waals surface area contributed by atoms with Gasteiger partial charge in [0.1, 0.15) is 0 Å². The van der Waals surface area contributed by atoms with Crippen LogP contribution >= 0.6 is 0 Å². The first-order valence-corrected chi connectivity index (χ1v) is 8.95. The molecular formula is C21H15N7. The van der Waals surface area contributed by atoms with Gasteiger partial charge in [0.15, 0.2) is 11.5 Å². The first kappa shape index (κ1) is 15.0. The Bertz CT molecular complexity index is 1450. The minimum atomic E-state index is 0.710. The quantitative estimate of drug-likeness (QED) is 0.431. The van der Waals surface area contributed by atoms with Gasteiger partial charge in [0.2, 0.25) is 0 Å². The molecule has 0 aliphatic heterocycles. The first-order valence-electron chi connectivity index (χ1n) is 8.95. The fourth-order valence-electron chi connectivity index (χ4n) is 3.52. The summed E-state index contributed by atoms with van der Waals surface area (Å²) in [5.74, 6) is 0.710. The van der Waals surface area contributed by atoms with Crippen molar-refractivity contribution in [1.29, 1.82) is 0 Å².